The van der Waals surface area contributed by atoms with Gasteiger partial charge in [-0.05, 0) is 41.3 Å². The maximum atomic E-state index is 12.4. The first kappa shape index (κ1) is 22.0. The van der Waals surface area contributed by atoms with Crippen LogP contribution in [0.4, 0.5) is 10.5 Å². The molecule has 0 aliphatic heterocycles. The van der Waals surface area contributed by atoms with Crippen LogP contribution >= 0.6 is 0 Å². The van der Waals surface area contributed by atoms with Crippen molar-refractivity contribution in [2.45, 2.75) is 18.9 Å². The van der Waals surface area contributed by atoms with Crippen LogP contribution in [-0.4, -0.2) is 52.7 Å². The van der Waals surface area contributed by atoms with E-state index in [0.717, 1.165) is 27.2 Å². The van der Waals surface area contributed by atoms with E-state index in [2.05, 4.69) is 22.4 Å². The van der Waals surface area contributed by atoms with Crippen LogP contribution < -0.4 is 5.32 Å². The van der Waals surface area contributed by atoms with Crippen molar-refractivity contribution < 1.29 is 24.2 Å². The summed E-state index contributed by atoms with van der Waals surface area (Å²) in [4.78, 5) is 40.9. The number of likely N-dealkylation sites (N-methyl/N-ethyl adjacent to an activating group) is 1. The number of carbonyl (C=O) groups excluding carboxylic acids is 2. The third-order valence-corrected chi connectivity index (χ3v) is 5.83. The number of ether oxygens (including phenoxy) is 1. The van der Waals surface area contributed by atoms with Crippen LogP contribution in [0, 0.1) is 0 Å². The molecule has 2 aromatic carbocycles. The maximum absolute atomic E-state index is 12.4. The average Bonchev–Trinajstić information content (AvgIpc) is 3.15. The van der Waals surface area contributed by atoms with Gasteiger partial charge in [-0.25, -0.2) is 14.6 Å². The Bertz CT molecular complexity index is 1160. The van der Waals surface area contributed by atoms with Gasteiger partial charge in [0, 0.05) is 13.0 Å². The molecule has 0 spiro atoms. The van der Waals surface area contributed by atoms with Crippen LogP contribution in [0.3, 0.4) is 0 Å². The Morgan fingerprint density at radius 1 is 1.03 bits per heavy atom. The van der Waals surface area contributed by atoms with Gasteiger partial charge in [0.2, 0.25) is 0 Å². The van der Waals surface area contributed by atoms with Crippen molar-refractivity contribution in [3.05, 3.63) is 83.7 Å². The summed E-state index contributed by atoms with van der Waals surface area (Å²) in [5, 5.41) is 11.7. The van der Waals surface area contributed by atoms with E-state index in [-0.39, 0.29) is 18.2 Å². The Morgan fingerprint density at radius 3 is 2.18 bits per heavy atom. The fourth-order valence-electron chi connectivity index (χ4n) is 3.87. The molecule has 0 radical (unpaired) electrons. The van der Waals surface area contributed by atoms with Crippen molar-refractivity contribution in [2.75, 3.05) is 19.0 Å². The molecule has 8 heteroatoms. The Balaban J connectivity index is 1.38. The van der Waals surface area contributed by atoms with Crippen molar-refractivity contribution >= 4 is 23.7 Å². The highest BCUT2D eigenvalue weighted by atomic mass is 16.5. The third kappa shape index (κ3) is 4.41. The Morgan fingerprint density at radius 2 is 1.64 bits per heavy atom. The van der Waals surface area contributed by atoms with Gasteiger partial charge in [-0.3, -0.25) is 10.1 Å². The number of carboxylic acid groups (broad SMARTS) is 1. The van der Waals surface area contributed by atoms with E-state index in [1.807, 2.05) is 36.4 Å². The van der Waals surface area contributed by atoms with Gasteiger partial charge in [-0.15, -0.1) is 0 Å². The van der Waals surface area contributed by atoms with Crippen LogP contribution in [-0.2, 0) is 9.53 Å². The zero-order chi connectivity index (χ0) is 23.5. The number of hydrogen-bond acceptors (Lipinski definition) is 5. The minimum absolute atomic E-state index is 0.0481. The summed E-state index contributed by atoms with van der Waals surface area (Å²) in [7, 11) is 1.39. The number of aliphatic carboxylic acids is 1. The van der Waals surface area contributed by atoms with Crippen LogP contribution in [0.25, 0.3) is 11.1 Å². The largest absolute Gasteiger partial charge is 0.480 e. The summed E-state index contributed by atoms with van der Waals surface area (Å²) in [6, 6.07) is 18.1. The predicted molar refractivity (Wildman–Crippen MR) is 122 cm³/mol. The summed E-state index contributed by atoms with van der Waals surface area (Å²) in [6.45, 7) is 1.59. The average molecular weight is 445 g/mol. The quantitative estimate of drug-likeness (QED) is 0.594. The van der Waals surface area contributed by atoms with Gasteiger partial charge in [-0.2, -0.15) is 0 Å². The number of nitrogens with one attached hydrogen (secondary N) is 1. The number of aromatic nitrogens is 1. The lowest BCUT2D eigenvalue weighted by Crippen LogP contribution is -2.40. The molecule has 1 aliphatic carbocycles. The van der Waals surface area contributed by atoms with E-state index in [9.17, 15) is 14.4 Å². The molecule has 0 unspecified atom stereocenters. The predicted octanol–water partition coefficient (Wildman–Crippen LogP) is 3.99. The SMILES string of the molecule is C[C@@H](C(=O)O)N(C)C(=O)c1ccc(NC(=O)OCC2c3ccccc3-c3ccccc32)cn1. The zero-order valence-corrected chi connectivity index (χ0v) is 18.2. The van der Waals surface area contributed by atoms with Crippen molar-refractivity contribution in [2.24, 2.45) is 0 Å². The van der Waals surface area contributed by atoms with Crippen LogP contribution in [0.2, 0.25) is 0 Å². The summed E-state index contributed by atoms with van der Waals surface area (Å²) >= 11 is 0. The normalized spacial score (nSPS) is 12.9. The number of carbonyl (C=O) groups is 3. The number of amides is 2. The minimum Gasteiger partial charge on any atom is -0.480 e. The molecular formula is C25H23N3O5. The molecule has 2 amide bonds. The standard InChI is InChI=1S/C25H23N3O5/c1-15(24(30)31)28(2)23(29)22-12-11-16(13-26-22)27-25(32)33-14-21-19-9-5-3-7-17(19)18-8-4-6-10-20(18)21/h3-13,15,21H,14H2,1-2H3,(H,27,32)(H,30,31)/t15-/m0/s1. The van der Waals surface area contributed by atoms with Gasteiger partial charge in [0.15, 0.2) is 0 Å². The van der Waals surface area contributed by atoms with Gasteiger partial charge in [0.25, 0.3) is 5.91 Å². The first-order valence-corrected chi connectivity index (χ1v) is 10.4. The van der Waals surface area contributed by atoms with Gasteiger partial charge in [0.1, 0.15) is 18.3 Å². The lowest BCUT2D eigenvalue weighted by Gasteiger charge is -2.21. The molecule has 1 atom stereocenters. The number of pyridine rings is 1. The van der Waals surface area contributed by atoms with Crippen molar-refractivity contribution in [3.8, 4) is 11.1 Å². The number of fused-ring (bicyclic) bond motifs is 3. The summed E-state index contributed by atoms with van der Waals surface area (Å²) in [5.74, 6) is -1.69. The topological polar surface area (TPSA) is 109 Å². The molecule has 2 N–H and O–H groups in total. The Hall–Kier alpha value is -4.20. The van der Waals surface area contributed by atoms with E-state index in [1.165, 1.54) is 32.3 Å². The molecule has 0 fully saturated rings. The second-order valence-electron chi connectivity index (χ2n) is 7.81. The second-order valence-corrected chi connectivity index (χ2v) is 7.81. The van der Waals surface area contributed by atoms with Gasteiger partial charge in [-0.1, -0.05) is 48.5 Å². The molecule has 4 rings (SSSR count). The number of hydrogen-bond donors (Lipinski definition) is 2. The van der Waals surface area contributed by atoms with Gasteiger partial charge >= 0.3 is 12.1 Å². The lowest BCUT2D eigenvalue weighted by atomic mass is 9.98. The number of anilines is 1. The third-order valence-electron chi connectivity index (χ3n) is 5.83. The van der Waals surface area contributed by atoms with Crippen molar-refractivity contribution in [1.82, 2.24) is 9.88 Å². The maximum Gasteiger partial charge on any atom is 0.411 e. The first-order chi connectivity index (χ1) is 15.9. The van der Waals surface area contributed by atoms with E-state index in [0.29, 0.717) is 5.69 Å². The summed E-state index contributed by atoms with van der Waals surface area (Å²) in [5.41, 5.74) is 4.97. The molecule has 0 saturated carbocycles. The molecule has 8 nitrogen and oxygen atoms in total. The zero-order valence-electron chi connectivity index (χ0n) is 18.2. The van der Waals surface area contributed by atoms with E-state index in [1.54, 1.807) is 0 Å². The summed E-state index contributed by atoms with van der Waals surface area (Å²) < 4.78 is 5.50. The van der Waals surface area contributed by atoms with E-state index in [4.69, 9.17) is 9.84 Å². The molecule has 1 heterocycles. The Kier molecular flexibility index (Phi) is 6.08. The van der Waals surface area contributed by atoms with Gasteiger partial charge < -0.3 is 14.7 Å². The van der Waals surface area contributed by atoms with Crippen molar-refractivity contribution in [3.63, 3.8) is 0 Å². The second kappa shape index (κ2) is 9.12. The van der Waals surface area contributed by atoms with Crippen LogP contribution in [0.15, 0.2) is 66.9 Å². The highest BCUT2D eigenvalue weighted by Gasteiger charge is 2.29. The van der Waals surface area contributed by atoms with Gasteiger partial charge in [0.05, 0.1) is 11.9 Å². The highest BCUT2D eigenvalue weighted by Crippen LogP contribution is 2.44. The molecule has 168 valence electrons. The Labute approximate surface area is 190 Å². The molecule has 0 bridgehead atoms. The fraction of sp³-hybridized carbons (Fsp3) is 0.200. The molecule has 1 aliphatic rings. The number of nitrogens with zero attached hydrogens (tertiary/aromatic N) is 2. The van der Waals surface area contributed by atoms with E-state index >= 15 is 0 Å². The van der Waals surface area contributed by atoms with Crippen LogP contribution in [0.1, 0.15) is 34.5 Å². The molecule has 0 saturated heterocycles. The number of benzene rings is 2. The summed E-state index contributed by atoms with van der Waals surface area (Å²) in [6.07, 6.45) is 0.697. The molecule has 1 aromatic heterocycles. The highest BCUT2D eigenvalue weighted by molar-refractivity contribution is 5.95. The fourth-order valence-corrected chi connectivity index (χ4v) is 3.87. The van der Waals surface area contributed by atoms with E-state index < -0.39 is 24.0 Å². The number of carboxylic acids is 1. The first-order valence-electron chi connectivity index (χ1n) is 10.4. The van der Waals surface area contributed by atoms with Crippen molar-refractivity contribution in [1.29, 1.82) is 0 Å². The smallest absolute Gasteiger partial charge is 0.411 e. The molecular weight excluding hydrogens is 422 g/mol. The monoisotopic (exact) mass is 445 g/mol. The minimum atomic E-state index is -1.11. The lowest BCUT2D eigenvalue weighted by molar-refractivity contribution is -0.141. The molecule has 33 heavy (non-hydrogen) atoms. The number of rotatable bonds is 6. The molecule has 3 aromatic rings. The van der Waals surface area contributed by atoms with Crippen LogP contribution in [0.5, 0.6) is 0 Å².